The highest BCUT2D eigenvalue weighted by molar-refractivity contribution is 5.86. The predicted molar refractivity (Wildman–Crippen MR) is 169 cm³/mol. The van der Waals surface area contributed by atoms with Crippen molar-refractivity contribution in [1.29, 1.82) is 0 Å². The number of aromatic nitrogens is 1. The molecule has 1 heterocycles. The first-order chi connectivity index (χ1) is 20.7. The van der Waals surface area contributed by atoms with Crippen molar-refractivity contribution in [2.75, 3.05) is 6.54 Å². The molecule has 0 amide bonds. The Bertz CT molecular complexity index is 1570. The average Bonchev–Trinajstić information content (AvgIpc) is 2.99. The van der Waals surface area contributed by atoms with Crippen LogP contribution in [0.2, 0.25) is 0 Å². The van der Waals surface area contributed by atoms with Gasteiger partial charge in [0.1, 0.15) is 23.9 Å². The summed E-state index contributed by atoms with van der Waals surface area (Å²) in [6, 6.07) is 21.0. The maximum absolute atomic E-state index is 14.1. The van der Waals surface area contributed by atoms with Crippen LogP contribution in [0.3, 0.4) is 0 Å². The second-order valence-corrected chi connectivity index (χ2v) is 10.7. The molecule has 1 unspecified atom stereocenters. The second-order valence-electron chi connectivity index (χ2n) is 10.7. The minimum atomic E-state index is -4.33. The summed E-state index contributed by atoms with van der Waals surface area (Å²) in [6.07, 6.45) is 0.103. The van der Waals surface area contributed by atoms with Gasteiger partial charge in [-0.2, -0.15) is 13.2 Å². The van der Waals surface area contributed by atoms with E-state index in [0.717, 1.165) is 64.9 Å². The van der Waals surface area contributed by atoms with Gasteiger partial charge in [0.25, 0.3) is 0 Å². The fourth-order valence-electron chi connectivity index (χ4n) is 5.37. The number of carbonyl (C=O) groups is 1. The number of pyridine rings is 1. The van der Waals surface area contributed by atoms with E-state index in [1.54, 1.807) is 6.07 Å². The molecule has 1 atom stereocenters. The number of carboxylic acid groups (broad SMARTS) is 1. The molecular weight excluding hydrogens is 631 g/mol. The van der Waals surface area contributed by atoms with Gasteiger partial charge >= 0.3 is 12.1 Å². The lowest BCUT2D eigenvalue weighted by molar-refractivity contribution is -0.137. The van der Waals surface area contributed by atoms with Gasteiger partial charge in [0.15, 0.2) is 0 Å². The van der Waals surface area contributed by atoms with Crippen molar-refractivity contribution in [1.82, 2.24) is 10.3 Å². The van der Waals surface area contributed by atoms with Crippen LogP contribution in [0.1, 0.15) is 68.4 Å². The largest absolute Gasteiger partial charge is 0.489 e. The summed E-state index contributed by atoms with van der Waals surface area (Å²) >= 11 is 0. The van der Waals surface area contributed by atoms with Crippen LogP contribution in [0, 0.1) is 5.82 Å². The first kappa shape index (κ1) is 35.8. The Morgan fingerprint density at radius 1 is 0.889 bits per heavy atom. The Labute approximate surface area is 271 Å². The maximum atomic E-state index is 14.1. The molecule has 3 aromatic carbocycles. The van der Waals surface area contributed by atoms with E-state index in [-0.39, 0.29) is 42.4 Å². The van der Waals surface area contributed by atoms with Gasteiger partial charge in [-0.3, -0.25) is 0 Å². The van der Waals surface area contributed by atoms with Crippen LogP contribution in [0.4, 0.5) is 17.6 Å². The first-order valence-corrected chi connectivity index (χ1v) is 14.3. The van der Waals surface area contributed by atoms with Crippen LogP contribution in [-0.2, 0) is 38.5 Å². The molecule has 0 saturated heterocycles. The van der Waals surface area contributed by atoms with E-state index >= 15 is 0 Å². The van der Waals surface area contributed by atoms with Crippen molar-refractivity contribution in [2.24, 2.45) is 0 Å². The van der Waals surface area contributed by atoms with Crippen LogP contribution in [-0.4, -0.2) is 22.6 Å². The van der Waals surface area contributed by atoms with Crippen LogP contribution in [0.25, 0.3) is 0 Å². The van der Waals surface area contributed by atoms with E-state index < -0.39 is 17.7 Å². The summed E-state index contributed by atoms with van der Waals surface area (Å²) in [6.45, 7) is 0.886. The molecule has 0 aliphatic heterocycles. The minimum Gasteiger partial charge on any atom is -0.489 e. The van der Waals surface area contributed by atoms with Crippen LogP contribution < -0.4 is 10.1 Å². The molecule has 0 saturated carbocycles. The average molecular weight is 666 g/mol. The molecule has 2 N–H and O–H groups in total. The number of carboxylic acids is 1. The van der Waals surface area contributed by atoms with Gasteiger partial charge < -0.3 is 15.2 Å². The van der Waals surface area contributed by atoms with E-state index in [1.165, 1.54) is 30.3 Å². The van der Waals surface area contributed by atoms with Gasteiger partial charge in [-0.15, -0.1) is 24.8 Å². The highest BCUT2D eigenvalue weighted by Gasteiger charge is 2.30. The molecule has 240 valence electrons. The predicted octanol–water partition coefficient (Wildman–Crippen LogP) is 8.36. The topological polar surface area (TPSA) is 71.5 Å². The number of nitrogens with zero attached hydrogens (tertiary/aromatic N) is 1. The summed E-state index contributed by atoms with van der Waals surface area (Å²) in [5, 5.41) is 12.8. The summed E-state index contributed by atoms with van der Waals surface area (Å²) in [7, 11) is 0. The number of ether oxygens (including phenoxy) is 1. The molecule has 4 aromatic rings. The Morgan fingerprint density at radius 2 is 1.53 bits per heavy atom. The van der Waals surface area contributed by atoms with Crippen LogP contribution in [0.15, 0.2) is 78.9 Å². The number of nitrogens with one attached hydrogen (secondary N) is 1. The van der Waals surface area contributed by atoms with Crippen molar-refractivity contribution >= 4 is 30.8 Å². The molecule has 1 aliphatic rings. The molecule has 1 aliphatic carbocycles. The number of alkyl halides is 3. The lowest BCUT2D eigenvalue weighted by atomic mass is 9.91. The summed E-state index contributed by atoms with van der Waals surface area (Å²) in [4.78, 5) is 15.6. The number of aryl methyl sites for hydroxylation is 3. The normalized spacial score (nSPS) is 14.1. The zero-order chi connectivity index (χ0) is 30.4. The monoisotopic (exact) mass is 664 g/mol. The third-order valence-corrected chi connectivity index (χ3v) is 7.72. The fourth-order valence-corrected chi connectivity index (χ4v) is 5.37. The number of hydrogen-bond acceptors (Lipinski definition) is 4. The van der Waals surface area contributed by atoms with Crippen molar-refractivity contribution < 1.29 is 32.2 Å². The van der Waals surface area contributed by atoms with E-state index in [9.17, 15) is 27.5 Å². The molecule has 0 fully saturated rings. The Morgan fingerprint density at radius 3 is 2.18 bits per heavy atom. The van der Waals surface area contributed by atoms with Gasteiger partial charge in [0.05, 0.1) is 5.56 Å². The summed E-state index contributed by atoms with van der Waals surface area (Å²) in [5.74, 6) is -0.774. The van der Waals surface area contributed by atoms with Gasteiger partial charge in [0, 0.05) is 11.7 Å². The summed E-state index contributed by atoms with van der Waals surface area (Å²) in [5.41, 5.74) is 4.82. The second kappa shape index (κ2) is 16.1. The molecule has 5 nitrogen and oxygen atoms in total. The Kier molecular flexibility index (Phi) is 12.8. The number of benzene rings is 3. The molecule has 11 heteroatoms. The smallest absolute Gasteiger partial charge is 0.416 e. The first-order valence-electron chi connectivity index (χ1n) is 14.3. The molecule has 0 spiro atoms. The molecule has 5 rings (SSSR count). The molecule has 1 aromatic heterocycles. The quantitative estimate of drug-likeness (QED) is 0.158. The van der Waals surface area contributed by atoms with Gasteiger partial charge in [-0.05, 0) is 109 Å². The number of aromatic carboxylic acids is 1. The van der Waals surface area contributed by atoms with Crippen molar-refractivity contribution in [3.63, 3.8) is 0 Å². The highest BCUT2D eigenvalue weighted by Crippen LogP contribution is 2.30. The third-order valence-electron chi connectivity index (χ3n) is 7.72. The SMILES string of the molecule is Cl.Cl.O=C(O)c1ccc2c(n1)CCCC2NCCc1cc(F)ccc1OCc1ccc(CCc2ccc(C(F)(F)F)cc2)cc1. The van der Waals surface area contributed by atoms with Crippen LogP contribution in [0.5, 0.6) is 5.75 Å². The van der Waals surface area contributed by atoms with E-state index in [4.69, 9.17) is 4.74 Å². The fraction of sp³-hybridized carbons (Fsp3) is 0.294. The zero-order valence-corrected chi connectivity index (χ0v) is 25.9. The van der Waals surface area contributed by atoms with E-state index in [0.29, 0.717) is 38.2 Å². The maximum Gasteiger partial charge on any atom is 0.416 e. The molecule has 0 radical (unpaired) electrons. The Hall–Kier alpha value is -3.66. The lowest BCUT2D eigenvalue weighted by Gasteiger charge is -2.26. The minimum absolute atomic E-state index is 0. The number of rotatable bonds is 11. The third kappa shape index (κ3) is 9.66. The number of hydrogen-bond donors (Lipinski definition) is 2. The molecule has 45 heavy (non-hydrogen) atoms. The number of halogens is 6. The Balaban J connectivity index is 0.00000276. The van der Waals surface area contributed by atoms with Gasteiger partial charge in [-0.25, -0.2) is 14.2 Å². The van der Waals surface area contributed by atoms with E-state index in [2.05, 4.69) is 10.3 Å². The number of fused-ring (bicyclic) bond motifs is 1. The molecular formula is C34H34Cl2F4N2O3. The standard InChI is InChI=1S/C34H32F4N2O3.2ClH/c35-27-14-17-32(25(20-27)18-19-39-29-2-1-3-30-28(29)15-16-31(40-30)33(41)42)43-21-24-8-6-22(7-9-24)4-5-23-10-12-26(13-11-23)34(36,37)38;;/h6-17,20,29,39H,1-5,18-19,21H2,(H,41,42);2*1H. The van der Waals surface area contributed by atoms with Gasteiger partial charge in [0.2, 0.25) is 0 Å². The van der Waals surface area contributed by atoms with Crippen molar-refractivity contribution in [3.05, 3.63) is 129 Å². The highest BCUT2D eigenvalue weighted by atomic mass is 35.5. The summed E-state index contributed by atoms with van der Waals surface area (Å²) < 4.78 is 58.5. The molecule has 0 bridgehead atoms. The van der Waals surface area contributed by atoms with Crippen molar-refractivity contribution in [2.45, 2.75) is 57.3 Å². The van der Waals surface area contributed by atoms with Crippen molar-refractivity contribution in [3.8, 4) is 5.75 Å². The lowest BCUT2D eigenvalue weighted by Crippen LogP contribution is -2.28. The van der Waals surface area contributed by atoms with E-state index in [1.807, 2.05) is 30.3 Å². The van der Waals surface area contributed by atoms with Crippen LogP contribution >= 0.6 is 24.8 Å². The van der Waals surface area contributed by atoms with Gasteiger partial charge in [-0.1, -0.05) is 42.5 Å². The zero-order valence-electron chi connectivity index (χ0n) is 24.3.